The van der Waals surface area contributed by atoms with Crippen molar-refractivity contribution in [1.29, 1.82) is 0 Å². The Hall–Kier alpha value is -0.723. The van der Waals surface area contributed by atoms with Crippen LogP contribution in [0.4, 0.5) is 0 Å². The molecule has 23 heavy (non-hydrogen) atoms. The lowest BCUT2D eigenvalue weighted by atomic mass is 10.1. The summed E-state index contributed by atoms with van der Waals surface area (Å²) in [5.41, 5.74) is 2.27. The van der Waals surface area contributed by atoms with E-state index in [9.17, 15) is 4.79 Å². The molecule has 0 aromatic heterocycles. The molecule has 0 aliphatic heterocycles. The molecule has 1 atom stereocenters. The van der Waals surface area contributed by atoms with Crippen LogP contribution in [-0.4, -0.2) is 43.5 Å². The van der Waals surface area contributed by atoms with E-state index in [1.54, 1.807) is 11.8 Å². The van der Waals surface area contributed by atoms with E-state index in [2.05, 4.69) is 55.5 Å². The molecule has 0 heterocycles. The van der Waals surface area contributed by atoms with Gasteiger partial charge in [0.2, 0.25) is 5.91 Å². The zero-order valence-electron chi connectivity index (χ0n) is 15.0. The van der Waals surface area contributed by atoms with Gasteiger partial charge in [-0.15, -0.1) is 11.8 Å². The van der Waals surface area contributed by atoms with Crippen molar-refractivity contribution in [2.45, 2.75) is 32.6 Å². The summed E-state index contributed by atoms with van der Waals surface area (Å²) in [5.74, 6) is 0.582. The van der Waals surface area contributed by atoms with Gasteiger partial charge in [-0.2, -0.15) is 11.8 Å². The van der Waals surface area contributed by atoms with Crippen LogP contribution in [0.2, 0.25) is 19.6 Å². The Kier molecular flexibility index (Phi) is 8.43. The number of nitrogens with one attached hydrogen (secondary N) is 1. The summed E-state index contributed by atoms with van der Waals surface area (Å²) in [5, 5.41) is 4.11. The number of carbonyl (C=O) groups is 1. The van der Waals surface area contributed by atoms with E-state index in [0.29, 0.717) is 5.75 Å². The summed E-state index contributed by atoms with van der Waals surface area (Å²) in [6.07, 6.45) is 4.96. The summed E-state index contributed by atoms with van der Waals surface area (Å²) in [4.78, 5) is 16.5. The molecule has 0 aliphatic carbocycles. The third-order valence-corrected chi connectivity index (χ3v) is 5.61. The molecule has 1 N–H and O–H groups in total. The van der Waals surface area contributed by atoms with Gasteiger partial charge in [-0.05, 0) is 25.0 Å². The summed E-state index contributed by atoms with van der Waals surface area (Å²) in [6, 6.07) is 8.40. The van der Waals surface area contributed by atoms with Crippen molar-refractivity contribution in [2.24, 2.45) is 4.99 Å². The first-order chi connectivity index (χ1) is 10.8. The van der Waals surface area contributed by atoms with Crippen LogP contribution in [0.15, 0.2) is 29.3 Å². The fourth-order valence-corrected chi connectivity index (χ4v) is 3.65. The molecule has 1 rings (SSSR count). The minimum Gasteiger partial charge on any atom is -0.349 e. The highest BCUT2D eigenvalue weighted by Gasteiger charge is 2.13. The Balaban J connectivity index is 2.80. The molecular formula is C17H28N2OS2Si. The number of rotatable bonds is 7. The highest BCUT2D eigenvalue weighted by molar-refractivity contribution is 8.13. The van der Waals surface area contributed by atoms with Gasteiger partial charge in [0.1, 0.15) is 0 Å². The molecule has 3 nitrogen and oxygen atoms in total. The van der Waals surface area contributed by atoms with E-state index in [-0.39, 0.29) is 11.9 Å². The number of thioether (sulfide) groups is 2. The van der Waals surface area contributed by atoms with Crippen molar-refractivity contribution >= 4 is 42.5 Å². The highest BCUT2D eigenvalue weighted by Crippen LogP contribution is 2.18. The van der Waals surface area contributed by atoms with E-state index < -0.39 is 8.07 Å². The second-order valence-corrected chi connectivity index (χ2v) is 13.8. The van der Waals surface area contributed by atoms with Crippen molar-refractivity contribution in [1.82, 2.24) is 5.32 Å². The van der Waals surface area contributed by atoms with Gasteiger partial charge < -0.3 is 5.32 Å². The van der Waals surface area contributed by atoms with Crippen LogP contribution in [0.1, 0.15) is 24.1 Å². The van der Waals surface area contributed by atoms with Crippen LogP contribution in [-0.2, 0) is 4.79 Å². The Morgan fingerprint density at radius 2 is 1.83 bits per heavy atom. The van der Waals surface area contributed by atoms with E-state index in [1.165, 1.54) is 11.8 Å². The van der Waals surface area contributed by atoms with Crippen LogP contribution in [0, 0.1) is 0 Å². The molecule has 0 saturated heterocycles. The summed E-state index contributed by atoms with van der Waals surface area (Å²) >= 11 is 3.23. The lowest BCUT2D eigenvalue weighted by Gasteiger charge is -2.15. The molecule has 1 unspecified atom stereocenters. The lowest BCUT2D eigenvalue weighted by Crippen LogP contribution is -2.28. The molecule has 1 aromatic carbocycles. The zero-order valence-corrected chi connectivity index (χ0v) is 17.6. The number of hydrogen-bond acceptors (Lipinski definition) is 4. The molecule has 128 valence electrons. The van der Waals surface area contributed by atoms with E-state index in [0.717, 1.165) is 22.3 Å². The fraction of sp³-hybridized carbons (Fsp3) is 0.529. The number of carbonyl (C=O) groups excluding carboxylic acids is 1. The van der Waals surface area contributed by atoms with E-state index in [1.807, 2.05) is 13.2 Å². The molecule has 0 radical (unpaired) electrons. The predicted molar refractivity (Wildman–Crippen MR) is 110 cm³/mol. The summed E-state index contributed by atoms with van der Waals surface area (Å²) < 4.78 is 0. The van der Waals surface area contributed by atoms with Gasteiger partial charge >= 0.3 is 0 Å². The van der Waals surface area contributed by atoms with Gasteiger partial charge in [-0.1, -0.05) is 43.9 Å². The largest absolute Gasteiger partial charge is 0.349 e. The monoisotopic (exact) mass is 368 g/mol. The van der Waals surface area contributed by atoms with Gasteiger partial charge in [0, 0.05) is 11.7 Å². The van der Waals surface area contributed by atoms with E-state index >= 15 is 0 Å². The normalized spacial score (nSPS) is 13.7. The van der Waals surface area contributed by atoms with Crippen LogP contribution in [0.3, 0.4) is 0 Å². The minimum atomic E-state index is -1.17. The van der Waals surface area contributed by atoms with Gasteiger partial charge in [-0.25, -0.2) is 0 Å². The van der Waals surface area contributed by atoms with Crippen LogP contribution in [0.5, 0.6) is 0 Å². The summed E-state index contributed by atoms with van der Waals surface area (Å²) in [6.45, 7) is 9.01. The molecular weight excluding hydrogens is 340 g/mol. The van der Waals surface area contributed by atoms with Gasteiger partial charge in [0.05, 0.1) is 24.9 Å². The second-order valence-electron chi connectivity index (χ2n) is 6.73. The number of amides is 1. The first kappa shape index (κ1) is 20.3. The first-order valence-corrected chi connectivity index (χ1v) is 14.1. The van der Waals surface area contributed by atoms with Crippen LogP contribution < -0.4 is 5.32 Å². The second kappa shape index (κ2) is 9.54. The third-order valence-electron chi connectivity index (χ3n) is 3.20. The number of nitrogens with zero attached hydrogens (tertiary/aromatic N) is 1. The van der Waals surface area contributed by atoms with E-state index in [4.69, 9.17) is 4.99 Å². The Morgan fingerprint density at radius 1 is 1.22 bits per heavy atom. The number of benzene rings is 1. The fourth-order valence-electron chi connectivity index (χ4n) is 1.99. The van der Waals surface area contributed by atoms with Crippen molar-refractivity contribution in [3.8, 4) is 0 Å². The van der Waals surface area contributed by atoms with Crippen LogP contribution >= 0.6 is 23.5 Å². The predicted octanol–water partition coefficient (Wildman–Crippen LogP) is 4.21. The quantitative estimate of drug-likeness (QED) is 0.445. The van der Waals surface area contributed by atoms with Crippen LogP contribution in [0.25, 0.3) is 0 Å². The SMILES string of the molecule is CSCC(=O)NC(C)c1ccc(/C(=N/C[Si](C)(C)C)SC)cc1. The number of aliphatic imine (C=N–C) groups is 1. The van der Waals surface area contributed by atoms with Gasteiger partial charge in [-0.3, -0.25) is 9.79 Å². The molecule has 1 aromatic rings. The van der Waals surface area contributed by atoms with Gasteiger partial charge in [0.25, 0.3) is 0 Å². The Morgan fingerprint density at radius 3 is 2.30 bits per heavy atom. The smallest absolute Gasteiger partial charge is 0.230 e. The average molecular weight is 369 g/mol. The standard InChI is InChI=1S/C17H28N2OS2Si/c1-13(19-16(20)11-21-2)14-7-9-15(10-8-14)17(22-3)18-12-23(4,5)6/h7-10,13H,11-12H2,1-6H3,(H,19,20)/b18-17-. The third kappa shape index (κ3) is 7.59. The maximum absolute atomic E-state index is 11.7. The molecule has 0 fully saturated rings. The highest BCUT2D eigenvalue weighted by atomic mass is 32.2. The molecule has 0 spiro atoms. The molecule has 0 aliphatic rings. The zero-order chi connectivity index (χ0) is 17.5. The minimum absolute atomic E-state index is 0.0281. The van der Waals surface area contributed by atoms with Crippen molar-refractivity contribution in [3.05, 3.63) is 35.4 Å². The molecule has 6 heteroatoms. The molecule has 0 saturated carbocycles. The molecule has 0 bridgehead atoms. The number of hydrogen-bond donors (Lipinski definition) is 1. The van der Waals surface area contributed by atoms with Gasteiger partial charge in [0.15, 0.2) is 0 Å². The van der Waals surface area contributed by atoms with Crippen molar-refractivity contribution < 1.29 is 4.79 Å². The Bertz CT molecular complexity index is 539. The average Bonchev–Trinajstić information content (AvgIpc) is 2.47. The maximum Gasteiger partial charge on any atom is 0.230 e. The lowest BCUT2D eigenvalue weighted by molar-refractivity contribution is -0.119. The summed E-state index contributed by atoms with van der Waals surface area (Å²) in [7, 11) is -1.17. The molecule has 1 amide bonds. The van der Waals surface area contributed by atoms with Crippen molar-refractivity contribution in [3.63, 3.8) is 0 Å². The Labute approximate surface area is 150 Å². The topological polar surface area (TPSA) is 41.5 Å². The van der Waals surface area contributed by atoms with Crippen molar-refractivity contribution in [2.75, 3.05) is 24.4 Å². The maximum atomic E-state index is 11.7. The first-order valence-electron chi connectivity index (χ1n) is 7.74.